The first kappa shape index (κ1) is 31.2. The zero-order valence-corrected chi connectivity index (χ0v) is 25.8. The van der Waals surface area contributed by atoms with Gasteiger partial charge >= 0.3 is 6.09 Å². The third-order valence-corrected chi connectivity index (χ3v) is 7.72. The van der Waals surface area contributed by atoms with Gasteiger partial charge in [-0.3, -0.25) is 9.78 Å². The van der Waals surface area contributed by atoms with Crippen LogP contribution >= 0.6 is 0 Å². The van der Waals surface area contributed by atoms with Crippen molar-refractivity contribution in [2.24, 2.45) is 0 Å². The highest BCUT2D eigenvalue weighted by Gasteiger charge is 2.26. The van der Waals surface area contributed by atoms with E-state index in [0.29, 0.717) is 50.5 Å². The molecule has 3 heterocycles. The topological polar surface area (TPSA) is 90.0 Å². The average Bonchev–Trinajstić information content (AvgIpc) is 3.51. The summed E-state index contributed by atoms with van der Waals surface area (Å²) in [6.45, 7) is 9.82. The first-order chi connectivity index (χ1) is 21.1. The lowest BCUT2D eigenvalue weighted by Gasteiger charge is -2.32. The van der Waals surface area contributed by atoms with Crippen LogP contribution in [0.25, 0.3) is 5.57 Å². The van der Waals surface area contributed by atoms with E-state index >= 15 is 0 Å². The molecule has 0 unspecified atom stereocenters. The number of halogens is 1. The van der Waals surface area contributed by atoms with Crippen LogP contribution in [0.4, 0.5) is 9.18 Å². The van der Waals surface area contributed by atoms with E-state index in [9.17, 15) is 14.0 Å². The SMILES string of the molecule is C[C@@H](NC(=O)c1cncc(O[C@@H]2CCOC2)c1)c1ccc(C(=C2CCN(C(=O)OC(C)(C)C)CC2)c2ccc(F)cc2)cc1. The highest BCUT2D eigenvalue weighted by molar-refractivity contribution is 5.94. The van der Waals surface area contributed by atoms with Gasteiger partial charge in [0.2, 0.25) is 0 Å². The Morgan fingerprint density at radius 1 is 1.00 bits per heavy atom. The molecule has 0 radical (unpaired) electrons. The molecule has 0 bridgehead atoms. The van der Waals surface area contributed by atoms with Crippen molar-refractivity contribution in [1.82, 2.24) is 15.2 Å². The number of piperidine rings is 1. The van der Waals surface area contributed by atoms with Crippen LogP contribution in [0.3, 0.4) is 0 Å². The van der Waals surface area contributed by atoms with Crippen LogP contribution in [0.1, 0.15) is 80.0 Å². The second-order valence-electron chi connectivity index (χ2n) is 12.3. The molecule has 0 saturated carbocycles. The largest absolute Gasteiger partial charge is 0.486 e. The molecule has 9 heteroatoms. The first-order valence-electron chi connectivity index (χ1n) is 15.1. The average molecular weight is 602 g/mol. The zero-order valence-electron chi connectivity index (χ0n) is 25.8. The summed E-state index contributed by atoms with van der Waals surface area (Å²) in [6.07, 6.45) is 4.98. The number of carbonyl (C=O) groups excluding carboxylic acids is 2. The number of aromatic nitrogens is 1. The quantitative estimate of drug-likeness (QED) is 0.324. The van der Waals surface area contributed by atoms with E-state index < -0.39 is 5.60 Å². The Hall–Kier alpha value is -4.24. The minimum Gasteiger partial charge on any atom is -0.486 e. The van der Waals surface area contributed by atoms with Gasteiger partial charge in [0, 0.05) is 25.7 Å². The lowest BCUT2D eigenvalue weighted by atomic mass is 9.88. The molecule has 2 saturated heterocycles. The van der Waals surface area contributed by atoms with E-state index in [2.05, 4.69) is 10.3 Å². The highest BCUT2D eigenvalue weighted by Crippen LogP contribution is 2.33. The van der Waals surface area contributed by atoms with Crippen molar-refractivity contribution in [3.8, 4) is 5.75 Å². The van der Waals surface area contributed by atoms with Gasteiger partial charge < -0.3 is 24.4 Å². The number of ether oxygens (including phenoxy) is 3. The monoisotopic (exact) mass is 601 g/mol. The number of pyridine rings is 1. The highest BCUT2D eigenvalue weighted by atomic mass is 19.1. The molecular formula is C35H40FN3O5. The number of benzene rings is 2. The lowest BCUT2D eigenvalue weighted by Crippen LogP contribution is -2.40. The van der Waals surface area contributed by atoms with Gasteiger partial charge in [-0.2, -0.15) is 0 Å². The minimum absolute atomic E-state index is 0.0279. The second-order valence-corrected chi connectivity index (χ2v) is 12.3. The predicted octanol–water partition coefficient (Wildman–Crippen LogP) is 6.71. The predicted molar refractivity (Wildman–Crippen MR) is 166 cm³/mol. The van der Waals surface area contributed by atoms with Crippen LogP contribution in [0.5, 0.6) is 5.75 Å². The molecule has 2 fully saturated rings. The maximum absolute atomic E-state index is 13.8. The summed E-state index contributed by atoms with van der Waals surface area (Å²) >= 11 is 0. The van der Waals surface area contributed by atoms with Crippen LogP contribution in [-0.4, -0.2) is 59.9 Å². The fourth-order valence-corrected chi connectivity index (χ4v) is 5.43. The molecule has 2 amide bonds. The maximum Gasteiger partial charge on any atom is 0.410 e. The van der Waals surface area contributed by atoms with Crippen LogP contribution in [0, 0.1) is 5.82 Å². The van der Waals surface area contributed by atoms with Crippen LogP contribution in [-0.2, 0) is 9.47 Å². The molecule has 2 aliphatic rings. The Morgan fingerprint density at radius 2 is 1.66 bits per heavy atom. The second kappa shape index (κ2) is 13.6. The van der Waals surface area contributed by atoms with Crippen molar-refractivity contribution in [2.75, 3.05) is 26.3 Å². The Labute approximate surface area is 258 Å². The normalized spacial score (nSPS) is 17.6. The number of amides is 2. The molecule has 1 N–H and O–H groups in total. The Kier molecular flexibility index (Phi) is 9.64. The van der Waals surface area contributed by atoms with Gasteiger partial charge in [-0.15, -0.1) is 0 Å². The van der Waals surface area contributed by atoms with E-state index in [4.69, 9.17) is 14.2 Å². The summed E-state index contributed by atoms with van der Waals surface area (Å²) in [5.41, 5.74) is 4.95. The van der Waals surface area contributed by atoms with Gasteiger partial charge in [-0.25, -0.2) is 9.18 Å². The summed E-state index contributed by atoms with van der Waals surface area (Å²) in [4.78, 5) is 31.6. The molecule has 8 nitrogen and oxygen atoms in total. The Balaban J connectivity index is 1.30. The molecule has 1 aromatic heterocycles. The Morgan fingerprint density at radius 3 is 2.27 bits per heavy atom. The van der Waals surface area contributed by atoms with Crippen molar-refractivity contribution in [3.05, 3.63) is 101 Å². The van der Waals surface area contributed by atoms with Gasteiger partial charge in [0.25, 0.3) is 5.91 Å². The van der Waals surface area contributed by atoms with E-state index in [0.717, 1.165) is 28.7 Å². The third-order valence-electron chi connectivity index (χ3n) is 7.72. The molecule has 2 aliphatic heterocycles. The van der Waals surface area contributed by atoms with Crippen molar-refractivity contribution in [3.63, 3.8) is 0 Å². The van der Waals surface area contributed by atoms with E-state index in [1.807, 2.05) is 52.0 Å². The lowest BCUT2D eigenvalue weighted by molar-refractivity contribution is 0.0236. The number of carbonyl (C=O) groups is 2. The fraction of sp³-hybridized carbons (Fsp3) is 0.400. The van der Waals surface area contributed by atoms with Gasteiger partial charge in [0.05, 0.1) is 31.0 Å². The number of hydrogen-bond donors (Lipinski definition) is 1. The molecule has 0 spiro atoms. The number of nitrogens with one attached hydrogen (secondary N) is 1. The first-order valence-corrected chi connectivity index (χ1v) is 15.1. The number of likely N-dealkylation sites (tertiary alicyclic amines) is 1. The maximum atomic E-state index is 13.8. The van der Waals surface area contributed by atoms with E-state index in [-0.39, 0.29) is 30.0 Å². The summed E-state index contributed by atoms with van der Waals surface area (Å²) < 4.78 is 30.7. The third kappa shape index (κ3) is 8.02. The molecule has 0 aliphatic carbocycles. The number of rotatable bonds is 7. The number of hydrogen-bond acceptors (Lipinski definition) is 6. The summed E-state index contributed by atoms with van der Waals surface area (Å²) in [5.74, 6) is 0.00844. The summed E-state index contributed by atoms with van der Waals surface area (Å²) in [5, 5.41) is 3.05. The summed E-state index contributed by atoms with van der Waals surface area (Å²) in [7, 11) is 0. The standard InChI is InChI=1S/C35H40FN3O5/c1-23(38-33(40)28-19-31(21-37-20-28)43-30-15-18-42-22-30)24-5-7-25(8-6-24)32(26-9-11-29(36)12-10-26)27-13-16-39(17-14-27)34(41)44-35(2,3)4/h5-12,19-21,23,30H,13-18,22H2,1-4H3,(H,38,40)/t23-,30-/m1/s1. The molecule has 2 aromatic carbocycles. The fourth-order valence-electron chi connectivity index (χ4n) is 5.43. The van der Waals surface area contributed by atoms with Crippen molar-refractivity contribution >= 4 is 17.6 Å². The van der Waals surface area contributed by atoms with Crippen molar-refractivity contribution in [1.29, 1.82) is 0 Å². The zero-order chi connectivity index (χ0) is 31.3. The van der Waals surface area contributed by atoms with Gasteiger partial charge in [0.15, 0.2) is 0 Å². The molecular weight excluding hydrogens is 561 g/mol. The Bertz CT molecular complexity index is 1480. The molecule has 232 valence electrons. The van der Waals surface area contributed by atoms with Crippen LogP contribution < -0.4 is 10.1 Å². The number of nitrogens with zero attached hydrogens (tertiary/aromatic N) is 2. The summed E-state index contributed by atoms with van der Waals surface area (Å²) in [6, 6.07) is 16.0. The van der Waals surface area contributed by atoms with Gasteiger partial charge in [0.1, 0.15) is 23.3 Å². The molecule has 44 heavy (non-hydrogen) atoms. The molecule has 3 aromatic rings. The van der Waals surface area contributed by atoms with Gasteiger partial charge in [-0.1, -0.05) is 42.0 Å². The minimum atomic E-state index is -0.551. The van der Waals surface area contributed by atoms with Crippen LogP contribution in [0.15, 0.2) is 72.6 Å². The van der Waals surface area contributed by atoms with Crippen molar-refractivity contribution < 1.29 is 28.2 Å². The smallest absolute Gasteiger partial charge is 0.410 e. The van der Waals surface area contributed by atoms with Gasteiger partial charge in [-0.05, 0) is 81.0 Å². The molecule has 2 atom stereocenters. The van der Waals surface area contributed by atoms with Crippen molar-refractivity contribution in [2.45, 2.75) is 64.7 Å². The van der Waals surface area contributed by atoms with E-state index in [1.165, 1.54) is 23.9 Å². The van der Waals surface area contributed by atoms with Crippen LogP contribution in [0.2, 0.25) is 0 Å². The molecule has 5 rings (SSSR count). The van der Waals surface area contributed by atoms with E-state index in [1.54, 1.807) is 29.3 Å².